The fourth-order valence-electron chi connectivity index (χ4n) is 2.78. The normalized spacial score (nSPS) is 16.6. The molecule has 0 bridgehead atoms. The maximum Gasteiger partial charge on any atom is 0.289 e. The molecule has 1 amide bonds. The number of nitro groups is 1. The topological polar surface area (TPSA) is 127 Å². The van der Waals surface area contributed by atoms with Gasteiger partial charge in [-0.15, -0.1) is 12.4 Å². The SMILES string of the molecule is CCCC(N)C(=O)N1CCN(S(=O)(=O)c2ccccc2[N+](=O)[O-])CC1.Cl. The predicted molar refractivity (Wildman–Crippen MR) is 98.6 cm³/mol. The van der Waals surface area contributed by atoms with E-state index in [0.717, 1.165) is 12.5 Å². The number of nitro benzene ring substituents is 1. The molecule has 1 saturated heterocycles. The lowest BCUT2D eigenvalue weighted by Crippen LogP contribution is -2.54. The smallest absolute Gasteiger partial charge is 0.289 e. The summed E-state index contributed by atoms with van der Waals surface area (Å²) in [6.45, 7) is 2.54. The van der Waals surface area contributed by atoms with Gasteiger partial charge in [0.1, 0.15) is 0 Å². The number of benzene rings is 1. The Bertz CT molecular complexity index is 750. The molecular formula is C15H23ClN4O5S. The molecule has 1 aromatic carbocycles. The fraction of sp³-hybridized carbons (Fsp3) is 0.533. The molecule has 0 radical (unpaired) electrons. The van der Waals surface area contributed by atoms with E-state index in [1.165, 1.54) is 22.5 Å². The van der Waals surface area contributed by atoms with Crippen molar-refractivity contribution >= 4 is 34.0 Å². The minimum absolute atomic E-state index is 0. The Labute approximate surface area is 158 Å². The van der Waals surface area contributed by atoms with Gasteiger partial charge < -0.3 is 10.6 Å². The molecule has 9 nitrogen and oxygen atoms in total. The van der Waals surface area contributed by atoms with E-state index in [1.54, 1.807) is 4.90 Å². The molecule has 1 heterocycles. The summed E-state index contributed by atoms with van der Waals surface area (Å²) in [4.78, 5) is 23.8. The van der Waals surface area contributed by atoms with Crippen molar-refractivity contribution < 1.29 is 18.1 Å². The van der Waals surface area contributed by atoms with Crippen LogP contribution in [0.25, 0.3) is 0 Å². The summed E-state index contributed by atoms with van der Waals surface area (Å²) in [5.74, 6) is -0.190. The van der Waals surface area contributed by atoms with E-state index in [-0.39, 0.29) is 49.4 Å². The highest BCUT2D eigenvalue weighted by atomic mass is 35.5. The van der Waals surface area contributed by atoms with Gasteiger partial charge in [-0.3, -0.25) is 14.9 Å². The Morgan fingerprint density at radius 2 is 1.85 bits per heavy atom. The number of halogens is 1. The Morgan fingerprint density at radius 1 is 1.27 bits per heavy atom. The van der Waals surface area contributed by atoms with Gasteiger partial charge in [0.25, 0.3) is 5.69 Å². The molecule has 1 fully saturated rings. The number of amides is 1. The zero-order valence-electron chi connectivity index (χ0n) is 14.4. The van der Waals surface area contributed by atoms with Gasteiger partial charge in [-0.25, -0.2) is 8.42 Å². The van der Waals surface area contributed by atoms with E-state index in [2.05, 4.69) is 0 Å². The van der Waals surface area contributed by atoms with Crippen LogP contribution in [0.2, 0.25) is 0 Å². The lowest BCUT2D eigenvalue weighted by Gasteiger charge is -2.35. The quantitative estimate of drug-likeness (QED) is 0.554. The number of piperazine rings is 1. The molecular weight excluding hydrogens is 384 g/mol. The molecule has 2 rings (SSSR count). The largest absolute Gasteiger partial charge is 0.339 e. The van der Waals surface area contributed by atoms with Crippen molar-refractivity contribution in [2.45, 2.75) is 30.7 Å². The first-order valence-corrected chi connectivity index (χ1v) is 9.51. The fourth-order valence-corrected chi connectivity index (χ4v) is 4.36. The molecule has 0 spiro atoms. The first-order chi connectivity index (χ1) is 11.8. The minimum atomic E-state index is -3.99. The summed E-state index contributed by atoms with van der Waals surface area (Å²) in [6, 6.07) is 4.67. The molecule has 1 aromatic rings. The number of carbonyl (C=O) groups is 1. The molecule has 2 N–H and O–H groups in total. The number of carbonyl (C=O) groups excluding carboxylic acids is 1. The molecule has 11 heteroatoms. The number of hydrogen-bond acceptors (Lipinski definition) is 6. The maximum atomic E-state index is 12.7. The second-order valence-electron chi connectivity index (χ2n) is 5.85. The molecule has 1 aliphatic heterocycles. The molecule has 1 unspecified atom stereocenters. The van der Waals surface area contributed by atoms with Crippen molar-refractivity contribution in [1.82, 2.24) is 9.21 Å². The summed E-state index contributed by atoms with van der Waals surface area (Å²) in [5.41, 5.74) is 5.37. The van der Waals surface area contributed by atoms with Crippen LogP contribution in [0.4, 0.5) is 5.69 Å². The van der Waals surface area contributed by atoms with Gasteiger partial charge in [0, 0.05) is 32.2 Å². The molecule has 0 aliphatic carbocycles. The number of nitrogens with two attached hydrogens (primary N) is 1. The van der Waals surface area contributed by atoms with Gasteiger partial charge in [0.2, 0.25) is 15.9 Å². The molecule has 0 aromatic heterocycles. The number of hydrogen-bond donors (Lipinski definition) is 1. The number of nitrogens with zero attached hydrogens (tertiary/aromatic N) is 3. The Morgan fingerprint density at radius 3 is 2.38 bits per heavy atom. The van der Waals surface area contributed by atoms with Crippen LogP contribution in [0.3, 0.4) is 0 Å². The number of sulfonamides is 1. The summed E-state index contributed by atoms with van der Waals surface area (Å²) < 4.78 is 26.6. The van der Waals surface area contributed by atoms with Gasteiger partial charge in [-0.1, -0.05) is 25.5 Å². The Kier molecular flexibility index (Phi) is 7.94. The number of rotatable bonds is 6. The molecule has 1 aliphatic rings. The average molecular weight is 407 g/mol. The Balaban J connectivity index is 0.00000338. The Hall–Kier alpha value is -1.75. The lowest BCUT2D eigenvalue weighted by atomic mass is 10.1. The van der Waals surface area contributed by atoms with E-state index in [9.17, 15) is 23.3 Å². The average Bonchev–Trinajstić information content (AvgIpc) is 2.61. The predicted octanol–water partition coefficient (Wildman–Crippen LogP) is 0.977. The summed E-state index contributed by atoms with van der Waals surface area (Å²) in [5, 5.41) is 11.1. The van der Waals surface area contributed by atoms with E-state index < -0.39 is 26.7 Å². The van der Waals surface area contributed by atoms with Crippen LogP contribution in [-0.4, -0.2) is 60.7 Å². The van der Waals surface area contributed by atoms with Crippen LogP contribution in [0.15, 0.2) is 29.2 Å². The van der Waals surface area contributed by atoms with Crippen molar-refractivity contribution in [2.24, 2.45) is 5.73 Å². The molecule has 26 heavy (non-hydrogen) atoms. The van der Waals surface area contributed by atoms with Crippen LogP contribution < -0.4 is 5.73 Å². The van der Waals surface area contributed by atoms with Gasteiger partial charge in [0.05, 0.1) is 11.0 Å². The van der Waals surface area contributed by atoms with Crippen molar-refractivity contribution in [3.05, 3.63) is 34.4 Å². The highest BCUT2D eigenvalue weighted by molar-refractivity contribution is 7.89. The number of para-hydroxylation sites is 1. The summed E-state index contributed by atoms with van der Waals surface area (Å²) >= 11 is 0. The van der Waals surface area contributed by atoms with Crippen molar-refractivity contribution in [3.63, 3.8) is 0 Å². The third kappa shape index (κ3) is 4.70. The first kappa shape index (κ1) is 22.3. The van der Waals surface area contributed by atoms with Crippen LogP contribution in [0.5, 0.6) is 0 Å². The third-order valence-electron chi connectivity index (χ3n) is 4.15. The second-order valence-corrected chi connectivity index (χ2v) is 7.76. The summed E-state index contributed by atoms with van der Waals surface area (Å²) in [7, 11) is -3.99. The van der Waals surface area contributed by atoms with Gasteiger partial charge >= 0.3 is 0 Å². The third-order valence-corrected chi connectivity index (χ3v) is 6.09. The van der Waals surface area contributed by atoms with Crippen molar-refractivity contribution in [1.29, 1.82) is 0 Å². The van der Waals surface area contributed by atoms with Gasteiger partial charge in [-0.2, -0.15) is 4.31 Å². The van der Waals surface area contributed by atoms with Crippen LogP contribution in [0, 0.1) is 10.1 Å². The van der Waals surface area contributed by atoms with Gasteiger partial charge in [0.15, 0.2) is 4.90 Å². The monoisotopic (exact) mass is 406 g/mol. The summed E-state index contributed by atoms with van der Waals surface area (Å²) in [6.07, 6.45) is 1.37. The van der Waals surface area contributed by atoms with Crippen molar-refractivity contribution in [2.75, 3.05) is 26.2 Å². The van der Waals surface area contributed by atoms with E-state index in [0.29, 0.717) is 6.42 Å². The highest BCUT2D eigenvalue weighted by Gasteiger charge is 2.35. The molecule has 146 valence electrons. The van der Waals surface area contributed by atoms with Crippen LogP contribution >= 0.6 is 12.4 Å². The first-order valence-electron chi connectivity index (χ1n) is 8.07. The second kappa shape index (κ2) is 9.26. The minimum Gasteiger partial charge on any atom is -0.339 e. The molecule has 1 atom stereocenters. The van der Waals surface area contributed by atoms with E-state index in [4.69, 9.17) is 5.73 Å². The van der Waals surface area contributed by atoms with E-state index in [1.807, 2.05) is 6.92 Å². The van der Waals surface area contributed by atoms with Crippen molar-refractivity contribution in [3.8, 4) is 0 Å². The van der Waals surface area contributed by atoms with Gasteiger partial charge in [-0.05, 0) is 12.5 Å². The zero-order chi connectivity index (χ0) is 18.6. The van der Waals surface area contributed by atoms with Crippen LogP contribution in [-0.2, 0) is 14.8 Å². The lowest BCUT2D eigenvalue weighted by molar-refractivity contribution is -0.387. The maximum absolute atomic E-state index is 12.7. The molecule has 0 saturated carbocycles. The zero-order valence-corrected chi connectivity index (χ0v) is 16.0. The van der Waals surface area contributed by atoms with Crippen LogP contribution in [0.1, 0.15) is 19.8 Å². The highest BCUT2D eigenvalue weighted by Crippen LogP contribution is 2.26. The standard InChI is InChI=1S/C15H22N4O5S.ClH/c1-2-5-12(16)15(20)17-8-10-18(11-9-17)25(23,24)14-7-4-3-6-13(14)19(21)22;/h3-4,6-7,12H,2,5,8-11,16H2,1H3;1H. The van der Waals surface area contributed by atoms with E-state index >= 15 is 0 Å².